The van der Waals surface area contributed by atoms with E-state index < -0.39 is 0 Å². The zero-order valence-corrected chi connectivity index (χ0v) is 13.6. The van der Waals surface area contributed by atoms with Gasteiger partial charge in [-0.3, -0.25) is 14.9 Å². The number of hydrogen-bond donors (Lipinski definition) is 2. The number of nitrogens with one attached hydrogen (secondary N) is 2. The molecule has 1 aliphatic heterocycles. The molecule has 1 unspecified atom stereocenters. The zero-order valence-electron chi connectivity index (χ0n) is 13.6. The van der Waals surface area contributed by atoms with Crippen molar-refractivity contribution in [2.75, 3.05) is 27.2 Å². The van der Waals surface area contributed by atoms with Crippen LogP contribution in [0.4, 0.5) is 0 Å². The van der Waals surface area contributed by atoms with E-state index in [1.807, 2.05) is 18.2 Å². The van der Waals surface area contributed by atoms with Crippen LogP contribution in [0.5, 0.6) is 0 Å². The number of carbonyl (C=O) groups is 1. The lowest BCUT2D eigenvalue weighted by atomic mass is 10.0. The molecule has 118 valence electrons. The van der Waals surface area contributed by atoms with Crippen molar-refractivity contribution in [3.05, 3.63) is 29.5 Å². The number of rotatable bonds is 3. The largest absolute Gasteiger partial charge is 0.314 e. The summed E-state index contributed by atoms with van der Waals surface area (Å²) in [6, 6.07) is 5.78. The van der Waals surface area contributed by atoms with Crippen molar-refractivity contribution in [3.63, 3.8) is 0 Å². The average Bonchev–Trinajstić information content (AvgIpc) is 3.03. The minimum absolute atomic E-state index is 0.0294. The second-order valence-corrected chi connectivity index (χ2v) is 6.46. The van der Waals surface area contributed by atoms with Gasteiger partial charge in [0.1, 0.15) is 5.52 Å². The second-order valence-electron chi connectivity index (χ2n) is 6.46. The molecule has 6 nitrogen and oxygen atoms in total. The number of hydrogen-bond acceptors (Lipinski definition) is 4. The Bertz CT molecular complexity index is 713. The van der Waals surface area contributed by atoms with Gasteiger partial charge in [-0.25, -0.2) is 5.01 Å². The highest BCUT2D eigenvalue weighted by Crippen LogP contribution is 2.30. The van der Waals surface area contributed by atoms with Gasteiger partial charge in [0.15, 0.2) is 0 Å². The van der Waals surface area contributed by atoms with Gasteiger partial charge in [0.05, 0.1) is 11.1 Å². The molecule has 1 fully saturated rings. The summed E-state index contributed by atoms with van der Waals surface area (Å²) >= 11 is 0. The van der Waals surface area contributed by atoms with Crippen LogP contribution in [-0.2, 0) is 5.54 Å². The molecule has 0 radical (unpaired) electrons. The summed E-state index contributed by atoms with van der Waals surface area (Å²) in [7, 11) is 3.60. The lowest BCUT2D eigenvalue weighted by molar-refractivity contribution is 0.0858. The number of fused-ring (bicyclic) bond motifs is 1. The number of benzene rings is 1. The van der Waals surface area contributed by atoms with E-state index in [4.69, 9.17) is 5.10 Å². The minimum atomic E-state index is -0.130. The van der Waals surface area contributed by atoms with E-state index >= 15 is 0 Å². The summed E-state index contributed by atoms with van der Waals surface area (Å²) in [5, 5.41) is 10.9. The Morgan fingerprint density at radius 3 is 2.86 bits per heavy atom. The molecule has 22 heavy (non-hydrogen) atoms. The number of hydrazine groups is 1. The molecule has 6 heteroatoms. The second kappa shape index (κ2) is 5.37. The van der Waals surface area contributed by atoms with Crippen LogP contribution in [0.3, 0.4) is 0 Å². The Labute approximate surface area is 130 Å². The van der Waals surface area contributed by atoms with Crippen LogP contribution in [0.2, 0.25) is 0 Å². The molecule has 0 bridgehead atoms. The molecule has 0 spiro atoms. The number of carbonyl (C=O) groups excluding carboxylic acids is 1. The molecular formula is C16H23N5O. The van der Waals surface area contributed by atoms with Gasteiger partial charge in [-0.2, -0.15) is 5.10 Å². The van der Waals surface area contributed by atoms with E-state index in [1.165, 1.54) is 0 Å². The first-order valence-electron chi connectivity index (χ1n) is 7.60. The van der Waals surface area contributed by atoms with E-state index in [-0.39, 0.29) is 11.4 Å². The van der Waals surface area contributed by atoms with Crippen LogP contribution in [0, 0.1) is 6.92 Å². The monoisotopic (exact) mass is 301 g/mol. The number of aryl methyl sites for hydroxylation is 1. The van der Waals surface area contributed by atoms with E-state index in [9.17, 15) is 4.79 Å². The number of amides is 1. The Morgan fingerprint density at radius 2 is 2.23 bits per heavy atom. The number of aromatic nitrogens is 2. The van der Waals surface area contributed by atoms with Crippen molar-refractivity contribution in [1.82, 2.24) is 25.5 Å². The van der Waals surface area contributed by atoms with Crippen LogP contribution >= 0.6 is 0 Å². The highest BCUT2D eigenvalue weighted by atomic mass is 16.2. The summed E-state index contributed by atoms with van der Waals surface area (Å²) in [5.74, 6) is -0.130. The summed E-state index contributed by atoms with van der Waals surface area (Å²) in [5.41, 5.74) is 5.26. The van der Waals surface area contributed by atoms with Gasteiger partial charge in [0, 0.05) is 31.7 Å². The van der Waals surface area contributed by atoms with Gasteiger partial charge in [-0.05, 0) is 32.9 Å². The maximum atomic E-state index is 12.4. The predicted molar refractivity (Wildman–Crippen MR) is 86.8 cm³/mol. The molecule has 1 saturated heterocycles. The molecule has 0 aliphatic carbocycles. The first kappa shape index (κ1) is 15.0. The van der Waals surface area contributed by atoms with Crippen LogP contribution in [0.1, 0.15) is 29.4 Å². The highest BCUT2D eigenvalue weighted by Gasteiger charge is 2.33. The van der Waals surface area contributed by atoms with Gasteiger partial charge < -0.3 is 5.32 Å². The minimum Gasteiger partial charge on any atom is -0.314 e. The quantitative estimate of drug-likeness (QED) is 0.838. The lowest BCUT2D eigenvalue weighted by Crippen LogP contribution is -2.36. The van der Waals surface area contributed by atoms with Crippen LogP contribution in [-0.4, -0.2) is 47.9 Å². The van der Waals surface area contributed by atoms with Gasteiger partial charge in [-0.1, -0.05) is 12.1 Å². The van der Waals surface area contributed by atoms with Crippen LogP contribution in [0.25, 0.3) is 10.9 Å². The Balaban J connectivity index is 2.12. The third kappa shape index (κ3) is 2.38. The normalized spacial score (nSPS) is 21.7. The molecule has 1 amide bonds. The molecule has 2 aromatic rings. The van der Waals surface area contributed by atoms with Gasteiger partial charge in [-0.15, -0.1) is 0 Å². The molecule has 1 atom stereocenters. The van der Waals surface area contributed by atoms with Crippen molar-refractivity contribution in [3.8, 4) is 0 Å². The lowest BCUT2D eigenvalue weighted by Gasteiger charge is -2.25. The maximum Gasteiger partial charge on any atom is 0.267 e. The third-order valence-corrected chi connectivity index (χ3v) is 4.37. The average molecular weight is 301 g/mol. The molecule has 1 aliphatic rings. The van der Waals surface area contributed by atoms with E-state index in [0.717, 1.165) is 36.1 Å². The zero-order chi connectivity index (χ0) is 15.9. The molecule has 1 aromatic heterocycles. The topological polar surface area (TPSA) is 62.2 Å². The summed E-state index contributed by atoms with van der Waals surface area (Å²) in [4.78, 5) is 12.4. The fraction of sp³-hybridized carbons (Fsp3) is 0.500. The van der Waals surface area contributed by atoms with Crippen molar-refractivity contribution in [1.29, 1.82) is 0 Å². The molecule has 3 rings (SSSR count). The summed E-state index contributed by atoms with van der Waals surface area (Å²) < 4.78 is 2.09. The summed E-state index contributed by atoms with van der Waals surface area (Å²) in [6.07, 6.45) is 1.04. The predicted octanol–water partition coefficient (Wildman–Crippen LogP) is 1.26. The van der Waals surface area contributed by atoms with Gasteiger partial charge in [0.25, 0.3) is 5.91 Å². The standard InChI is InChI=1S/C16H23N5O/c1-11-12-6-5-7-13(15(22)19-20(3)4)14(12)18-21(11)16(2)8-9-17-10-16/h5-7,17H,8-10H2,1-4H3,(H,19,22). The van der Waals surface area contributed by atoms with Crippen LogP contribution < -0.4 is 10.7 Å². The maximum absolute atomic E-state index is 12.4. The molecule has 2 N–H and O–H groups in total. The van der Waals surface area contributed by atoms with Crippen LogP contribution in [0.15, 0.2) is 18.2 Å². The first-order chi connectivity index (χ1) is 10.4. The van der Waals surface area contributed by atoms with E-state index in [1.54, 1.807) is 19.1 Å². The Kier molecular flexibility index (Phi) is 3.66. The fourth-order valence-electron chi connectivity index (χ4n) is 3.19. The highest BCUT2D eigenvalue weighted by molar-refractivity contribution is 6.05. The smallest absolute Gasteiger partial charge is 0.267 e. The van der Waals surface area contributed by atoms with Crippen molar-refractivity contribution < 1.29 is 4.79 Å². The van der Waals surface area contributed by atoms with E-state index in [0.29, 0.717) is 5.56 Å². The third-order valence-electron chi connectivity index (χ3n) is 4.37. The molecule has 2 heterocycles. The summed E-state index contributed by atoms with van der Waals surface area (Å²) in [6.45, 7) is 6.19. The Hall–Kier alpha value is -1.92. The molecule has 1 aromatic carbocycles. The van der Waals surface area contributed by atoms with Gasteiger partial charge >= 0.3 is 0 Å². The first-order valence-corrected chi connectivity index (χ1v) is 7.60. The van der Waals surface area contributed by atoms with Crippen molar-refractivity contribution >= 4 is 16.8 Å². The molecular weight excluding hydrogens is 278 g/mol. The molecule has 0 saturated carbocycles. The fourth-order valence-corrected chi connectivity index (χ4v) is 3.19. The van der Waals surface area contributed by atoms with Crippen molar-refractivity contribution in [2.24, 2.45) is 0 Å². The SMILES string of the molecule is Cc1c2cccc(C(=O)NN(C)C)c2nn1C1(C)CCNC1. The van der Waals surface area contributed by atoms with Crippen molar-refractivity contribution in [2.45, 2.75) is 25.8 Å². The van der Waals surface area contributed by atoms with E-state index in [2.05, 4.69) is 29.3 Å². The number of nitrogens with zero attached hydrogens (tertiary/aromatic N) is 3. The van der Waals surface area contributed by atoms with Gasteiger partial charge in [0.2, 0.25) is 0 Å². The Morgan fingerprint density at radius 1 is 1.45 bits per heavy atom.